The standard InChI is InChI=1S/C16H30O2Si/c1-12-11-14(18-19(5,6)15(2,3)4)13-9-7-8-10-16(12,13)17/h11,13-14,17H,7-10H2,1-6H3/t13-,14?,16-/m0/s1. The normalized spacial score (nSPS) is 36.1. The van der Waals surface area contributed by atoms with Gasteiger partial charge in [-0.3, -0.25) is 0 Å². The zero-order chi connectivity index (χ0) is 14.5. The van der Waals surface area contributed by atoms with Crippen LogP contribution in [0, 0.1) is 5.92 Å². The van der Waals surface area contributed by atoms with E-state index in [0.29, 0.717) is 0 Å². The lowest BCUT2D eigenvalue weighted by molar-refractivity contribution is -0.0373. The van der Waals surface area contributed by atoms with Crippen molar-refractivity contribution in [1.82, 2.24) is 0 Å². The second-order valence-corrected chi connectivity index (χ2v) is 12.7. The van der Waals surface area contributed by atoms with Crippen LogP contribution in [-0.4, -0.2) is 25.1 Å². The molecule has 3 heteroatoms. The van der Waals surface area contributed by atoms with Gasteiger partial charge in [0.25, 0.3) is 0 Å². The van der Waals surface area contributed by atoms with E-state index in [-0.39, 0.29) is 17.1 Å². The molecule has 0 aliphatic heterocycles. The maximum Gasteiger partial charge on any atom is 0.192 e. The molecule has 2 rings (SSSR count). The number of rotatable bonds is 2. The lowest BCUT2D eigenvalue weighted by Gasteiger charge is -2.43. The average molecular weight is 282 g/mol. The van der Waals surface area contributed by atoms with Gasteiger partial charge < -0.3 is 9.53 Å². The Hall–Kier alpha value is -0.123. The third kappa shape index (κ3) is 2.57. The summed E-state index contributed by atoms with van der Waals surface area (Å²) in [4.78, 5) is 0. The van der Waals surface area contributed by atoms with Crippen LogP contribution in [0.3, 0.4) is 0 Å². The van der Waals surface area contributed by atoms with E-state index in [2.05, 4.69) is 46.9 Å². The first-order chi connectivity index (χ1) is 8.58. The van der Waals surface area contributed by atoms with Gasteiger partial charge >= 0.3 is 0 Å². The zero-order valence-corrected chi connectivity index (χ0v) is 14.4. The third-order valence-corrected chi connectivity index (χ3v) is 10.1. The molecular formula is C16H30O2Si. The predicted octanol–water partition coefficient (Wildman–Crippen LogP) is 4.26. The fourth-order valence-electron chi connectivity index (χ4n) is 3.25. The molecule has 3 atom stereocenters. The molecule has 0 aromatic rings. The molecule has 2 aliphatic carbocycles. The molecule has 0 amide bonds. The smallest absolute Gasteiger partial charge is 0.192 e. The Morgan fingerprint density at radius 2 is 1.95 bits per heavy atom. The second kappa shape index (κ2) is 4.71. The Balaban J connectivity index is 2.19. The summed E-state index contributed by atoms with van der Waals surface area (Å²) in [7, 11) is -1.76. The van der Waals surface area contributed by atoms with Crippen molar-refractivity contribution >= 4 is 8.32 Å². The van der Waals surface area contributed by atoms with E-state index in [1.165, 1.54) is 6.42 Å². The van der Waals surface area contributed by atoms with Crippen molar-refractivity contribution < 1.29 is 9.53 Å². The van der Waals surface area contributed by atoms with Crippen molar-refractivity contribution in [2.24, 2.45) is 5.92 Å². The summed E-state index contributed by atoms with van der Waals surface area (Å²) < 4.78 is 6.57. The summed E-state index contributed by atoms with van der Waals surface area (Å²) in [5, 5.41) is 11.1. The molecular weight excluding hydrogens is 252 g/mol. The van der Waals surface area contributed by atoms with E-state index < -0.39 is 13.9 Å². The van der Waals surface area contributed by atoms with E-state index in [9.17, 15) is 5.11 Å². The molecule has 1 N–H and O–H groups in total. The van der Waals surface area contributed by atoms with Gasteiger partial charge in [-0.15, -0.1) is 0 Å². The Morgan fingerprint density at radius 1 is 1.32 bits per heavy atom. The first-order valence-electron chi connectivity index (χ1n) is 7.67. The summed E-state index contributed by atoms with van der Waals surface area (Å²) in [6, 6.07) is 0. The molecule has 2 aliphatic rings. The number of hydrogen-bond acceptors (Lipinski definition) is 2. The van der Waals surface area contributed by atoms with Gasteiger partial charge in [0, 0.05) is 5.92 Å². The van der Waals surface area contributed by atoms with Gasteiger partial charge in [0.15, 0.2) is 8.32 Å². The minimum absolute atomic E-state index is 0.131. The molecule has 2 nitrogen and oxygen atoms in total. The first-order valence-corrected chi connectivity index (χ1v) is 10.6. The molecule has 110 valence electrons. The molecule has 0 aromatic carbocycles. The van der Waals surface area contributed by atoms with E-state index in [0.717, 1.165) is 24.8 Å². The largest absolute Gasteiger partial charge is 0.410 e. The first kappa shape index (κ1) is 15.3. The van der Waals surface area contributed by atoms with Crippen molar-refractivity contribution in [2.75, 3.05) is 0 Å². The number of hydrogen-bond donors (Lipinski definition) is 1. The zero-order valence-electron chi connectivity index (χ0n) is 13.4. The average Bonchev–Trinajstić information content (AvgIpc) is 2.49. The summed E-state index contributed by atoms with van der Waals surface area (Å²) >= 11 is 0. The van der Waals surface area contributed by atoms with Gasteiger partial charge in [-0.1, -0.05) is 39.7 Å². The van der Waals surface area contributed by atoms with Gasteiger partial charge in [-0.25, -0.2) is 0 Å². The lowest BCUT2D eigenvalue weighted by atomic mass is 9.74. The molecule has 0 spiro atoms. The highest BCUT2D eigenvalue weighted by atomic mass is 28.4. The van der Waals surface area contributed by atoms with Crippen LogP contribution in [0.25, 0.3) is 0 Å². The fourth-order valence-corrected chi connectivity index (χ4v) is 4.51. The molecule has 0 saturated heterocycles. The Labute approximate surface area is 119 Å². The highest BCUT2D eigenvalue weighted by Crippen LogP contribution is 2.49. The van der Waals surface area contributed by atoms with Gasteiger partial charge in [0.2, 0.25) is 0 Å². The van der Waals surface area contributed by atoms with Crippen molar-refractivity contribution in [3.05, 3.63) is 11.6 Å². The summed E-state index contributed by atoms with van der Waals surface area (Å²) in [6.07, 6.45) is 6.72. The molecule has 1 unspecified atom stereocenters. The van der Waals surface area contributed by atoms with Crippen molar-refractivity contribution in [3.8, 4) is 0 Å². The van der Waals surface area contributed by atoms with Gasteiger partial charge in [-0.05, 0) is 43.5 Å². The van der Waals surface area contributed by atoms with Crippen LogP contribution in [0.15, 0.2) is 11.6 Å². The second-order valence-electron chi connectivity index (χ2n) is 7.97. The van der Waals surface area contributed by atoms with E-state index in [1.54, 1.807) is 0 Å². The van der Waals surface area contributed by atoms with Gasteiger partial charge in [0.05, 0.1) is 11.7 Å². The molecule has 1 saturated carbocycles. The minimum Gasteiger partial charge on any atom is -0.410 e. The van der Waals surface area contributed by atoms with Crippen LogP contribution in [0.5, 0.6) is 0 Å². The van der Waals surface area contributed by atoms with Crippen molar-refractivity contribution in [1.29, 1.82) is 0 Å². The van der Waals surface area contributed by atoms with Crippen molar-refractivity contribution in [2.45, 2.75) is 83.2 Å². The van der Waals surface area contributed by atoms with E-state index >= 15 is 0 Å². The Bertz CT molecular complexity index is 381. The highest BCUT2D eigenvalue weighted by molar-refractivity contribution is 6.74. The van der Waals surface area contributed by atoms with Crippen LogP contribution >= 0.6 is 0 Å². The van der Waals surface area contributed by atoms with E-state index in [4.69, 9.17) is 4.43 Å². The SMILES string of the molecule is CC1=CC(O[Si](C)(C)C(C)(C)C)[C@@H]2CCCC[C@]12O. The van der Waals surface area contributed by atoms with Crippen LogP contribution < -0.4 is 0 Å². The molecule has 0 bridgehead atoms. The number of aliphatic hydroxyl groups is 1. The van der Waals surface area contributed by atoms with Crippen LogP contribution in [-0.2, 0) is 4.43 Å². The highest BCUT2D eigenvalue weighted by Gasteiger charge is 2.51. The molecule has 1 fully saturated rings. The maximum atomic E-state index is 10.9. The topological polar surface area (TPSA) is 29.5 Å². The van der Waals surface area contributed by atoms with Crippen LogP contribution in [0.2, 0.25) is 18.1 Å². The number of fused-ring (bicyclic) bond motifs is 1. The van der Waals surface area contributed by atoms with Gasteiger partial charge in [0.1, 0.15) is 0 Å². The Morgan fingerprint density at radius 3 is 2.53 bits per heavy atom. The summed E-state index contributed by atoms with van der Waals surface area (Å²) in [6.45, 7) is 13.5. The van der Waals surface area contributed by atoms with Gasteiger partial charge in [-0.2, -0.15) is 0 Å². The molecule has 0 heterocycles. The summed E-state index contributed by atoms with van der Waals surface area (Å²) in [5.41, 5.74) is 0.562. The summed E-state index contributed by atoms with van der Waals surface area (Å²) in [5.74, 6) is 0.287. The third-order valence-electron chi connectivity index (χ3n) is 5.67. The monoisotopic (exact) mass is 282 g/mol. The maximum absolute atomic E-state index is 10.9. The van der Waals surface area contributed by atoms with Crippen LogP contribution in [0.4, 0.5) is 0 Å². The molecule has 0 radical (unpaired) electrons. The Kier molecular flexibility index (Phi) is 3.79. The predicted molar refractivity (Wildman–Crippen MR) is 82.7 cm³/mol. The molecule has 19 heavy (non-hydrogen) atoms. The quantitative estimate of drug-likeness (QED) is 0.606. The van der Waals surface area contributed by atoms with Crippen molar-refractivity contribution in [3.63, 3.8) is 0 Å². The fraction of sp³-hybridized carbons (Fsp3) is 0.875. The van der Waals surface area contributed by atoms with E-state index in [1.807, 2.05) is 0 Å². The lowest BCUT2D eigenvalue weighted by Crippen LogP contribution is -2.49. The van der Waals surface area contributed by atoms with Crippen LogP contribution in [0.1, 0.15) is 53.4 Å². The molecule has 0 aromatic heterocycles. The minimum atomic E-state index is -1.76.